The number of carbonyl (C=O) groups is 3. The topological polar surface area (TPSA) is 91.7 Å². The highest BCUT2D eigenvalue weighted by Crippen LogP contribution is 1.89. The van der Waals surface area contributed by atoms with E-state index in [0.717, 1.165) is 0 Å². The van der Waals surface area contributed by atoms with Crippen LogP contribution in [-0.4, -0.2) is 28.3 Å². The third kappa shape index (κ3) is 1.70. The summed E-state index contributed by atoms with van der Waals surface area (Å²) in [6.45, 7) is 0. The van der Waals surface area contributed by atoms with Gasteiger partial charge in [-0.05, 0) is 0 Å². The van der Waals surface area contributed by atoms with Crippen LogP contribution in [0, 0.1) is 0 Å². The van der Waals surface area contributed by atoms with Crippen LogP contribution in [0.25, 0.3) is 0 Å². The molecule has 0 rings (SSSR count). The summed E-state index contributed by atoms with van der Waals surface area (Å²) < 4.78 is 0. The van der Waals surface area contributed by atoms with Gasteiger partial charge in [0, 0.05) is 0 Å². The Morgan fingerprint density at radius 3 is 1.90 bits per heavy atom. The molecule has 0 aliphatic heterocycles. The van der Waals surface area contributed by atoms with Crippen molar-refractivity contribution in [2.24, 2.45) is 0 Å². The van der Waals surface area contributed by atoms with Gasteiger partial charge in [0.2, 0.25) is 0 Å². The summed E-state index contributed by atoms with van der Waals surface area (Å²) in [6, 6.07) is 0. The third-order valence-electron chi connectivity index (χ3n) is 0.722. The van der Waals surface area contributed by atoms with Crippen molar-refractivity contribution in [3.05, 3.63) is 11.8 Å². The SMILES string of the molecule is O=CC(=CO)C(=O)C(=O)O. The van der Waals surface area contributed by atoms with Crippen molar-refractivity contribution in [2.45, 2.75) is 0 Å². The molecule has 0 saturated carbocycles. The molecule has 0 unspecified atom stereocenters. The Labute approximate surface area is 55.6 Å². The Hall–Kier alpha value is -1.65. The first-order valence-electron chi connectivity index (χ1n) is 2.20. The van der Waals surface area contributed by atoms with Crippen molar-refractivity contribution in [1.29, 1.82) is 0 Å². The molecular formula is C5H4O5. The number of rotatable bonds is 3. The Bertz CT molecular complexity index is 202. The van der Waals surface area contributed by atoms with Gasteiger partial charge in [-0.3, -0.25) is 9.59 Å². The molecule has 0 bridgehead atoms. The van der Waals surface area contributed by atoms with Gasteiger partial charge < -0.3 is 10.2 Å². The van der Waals surface area contributed by atoms with Gasteiger partial charge in [0.25, 0.3) is 5.78 Å². The second-order valence-electron chi connectivity index (χ2n) is 1.34. The number of carboxylic acids is 1. The zero-order valence-corrected chi connectivity index (χ0v) is 4.77. The van der Waals surface area contributed by atoms with E-state index < -0.39 is 17.3 Å². The number of carboxylic acid groups (broad SMARTS) is 1. The number of hydrogen-bond donors (Lipinski definition) is 2. The van der Waals surface area contributed by atoms with E-state index in [2.05, 4.69) is 0 Å². The van der Waals surface area contributed by atoms with E-state index in [0.29, 0.717) is 0 Å². The third-order valence-corrected chi connectivity index (χ3v) is 0.722. The van der Waals surface area contributed by atoms with Gasteiger partial charge in [0.15, 0.2) is 6.29 Å². The maximum atomic E-state index is 10.2. The minimum atomic E-state index is -1.77. The molecule has 10 heavy (non-hydrogen) atoms. The molecule has 0 aromatic rings. The summed E-state index contributed by atoms with van der Waals surface area (Å²) in [7, 11) is 0. The number of aliphatic hydroxyl groups excluding tert-OH is 1. The van der Waals surface area contributed by atoms with Crippen molar-refractivity contribution < 1.29 is 24.6 Å². The highest BCUT2D eigenvalue weighted by atomic mass is 16.4. The van der Waals surface area contributed by atoms with E-state index in [4.69, 9.17) is 10.2 Å². The van der Waals surface area contributed by atoms with E-state index in [1.165, 1.54) is 0 Å². The van der Waals surface area contributed by atoms with Crippen LogP contribution in [0.1, 0.15) is 0 Å². The van der Waals surface area contributed by atoms with E-state index in [1.807, 2.05) is 0 Å². The molecule has 0 aliphatic carbocycles. The number of aldehydes is 1. The highest BCUT2D eigenvalue weighted by molar-refractivity contribution is 6.44. The second-order valence-corrected chi connectivity index (χ2v) is 1.34. The summed E-state index contributed by atoms with van der Waals surface area (Å²) in [5.74, 6) is -3.19. The lowest BCUT2D eigenvalue weighted by molar-refractivity contribution is -0.147. The van der Waals surface area contributed by atoms with Crippen molar-refractivity contribution in [3.63, 3.8) is 0 Å². The summed E-state index contributed by atoms with van der Waals surface area (Å²) >= 11 is 0. The highest BCUT2D eigenvalue weighted by Gasteiger charge is 2.16. The monoisotopic (exact) mass is 144 g/mol. The van der Waals surface area contributed by atoms with Crippen LogP contribution < -0.4 is 0 Å². The quantitative estimate of drug-likeness (QED) is 0.136. The number of hydrogen-bond acceptors (Lipinski definition) is 4. The van der Waals surface area contributed by atoms with Crippen LogP contribution in [0.3, 0.4) is 0 Å². The molecule has 0 radical (unpaired) electrons. The summed E-state index contributed by atoms with van der Waals surface area (Å²) in [6.07, 6.45) is 0.125. The molecule has 54 valence electrons. The predicted octanol–water partition coefficient (Wildman–Crippen LogP) is -0.719. The fourth-order valence-corrected chi connectivity index (χ4v) is 0.266. The van der Waals surface area contributed by atoms with Crippen molar-refractivity contribution >= 4 is 18.0 Å². The van der Waals surface area contributed by atoms with Gasteiger partial charge >= 0.3 is 5.97 Å². The van der Waals surface area contributed by atoms with Gasteiger partial charge in [-0.2, -0.15) is 0 Å². The minimum absolute atomic E-state index is 0.0313. The smallest absolute Gasteiger partial charge is 0.377 e. The van der Waals surface area contributed by atoms with E-state index in [-0.39, 0.29) is 12.5 Å². The molecule has 5 heteroatoms. The lowest BCUT2D eigenvalue weighted by Gasteiger charge is -1.87. The molecule has 0 spiro atoms. The molecule has 0 fully saturated rings. The average molecular weight is 144 g/mol. The second kappa shape index (κ2) is 3.39. The molecule has 0 heterocycles. The zero-order chi connectivity index (χ0) is 8.15. The molecule has 0 aliphatic rings. The van der Waals surface area contributed by atoms with Crippen molar-refractivity contribution in [1.82, 2.24) is 0 Å². The lowest BCUT2D eigenvalue weighted by atomic mass is 10.2. The molecule has 0 aromatic carbocycles. The molecule has 0 aromatic heterocycles. The predicted molar refractivity (Wildman–Crippen MR) is 29.4 cm³/mol. The Morgan fingerprint density at radius 1 is 1.30 bits per heavy atom. The molecule has 0 atom stereocenters. The van der Waals surface area contributed by atoms with Gasteiger partial charge in [0.1, 0.15) is 5.57 Å². The van der Waals surface area contributed by atoms with Crippen molar-refractivity contribution in [2.75, 3.05) is 0 Å². The average Bonchev–Trinajstić information content (AvgIpc) is 1.90. The Kier molecular flexibility index (Phi) is 2.83. The van der Waals surface area contributed by atoms with Crippen LogP contribution in [-0.2, 0) is 14.4 Å². The minimum Gasteiger partial charge on any atom is -0.515 e. The number of aliphatic hydroxyl groups is 1. The first-order valence-corrected chi connectivity index (χ1v) is 2.20. The van der Waals surface area contributed by atoms with Crippen molar-refractivity contribution in [3.8, 4) is 0 Å². The number of aliphatic carboxylic acids is 1. The first kappa shape index (κ1) is 8.35. The van der Waals surface area contributed by atoms with Crippen LogP contribution in [0.5, 0.6) is 0 Å². The van der Waals surface area contributed by atoms with Gasteiger partial charge in [-0.15, -0.1) is 0 Å². The van der Waals surface area contributed by atoms with E-state index in [1.54, 1.807) is 0 Å². The van der Waals surface area contributed by atoms with Crippen LogP contribution in [0.4, 0.5) is 0 Å². The maximum absolute atomic E-state index is 10.2. The van der Waals surface area contributed by atoms with Gasteiger partial charge in [-0.1, -0.05) is 0 Å². The molecule has 0 saturated heterocycles. The number of ketones is 1. The Morgan fingerprint density at radius 2 is 1.80 bits per heavy atom. The number of carbonyl (C=O) groups excluding carboxylic acids is 2. The van der Waals surface area contributed by atoms with Gasteiger partial charge in [0.05, 0.1) is 6.26 Å². The maximum Gasteiger partial charge on any atom is 0.377 e. The van der Waals surface area contributed by atoms with Gasteiger partial charge in [-0.25, -0.2) is 4.79 Å². The summed E-state index contributed by atoms with van der Waals surface area (Å²) in [5.41, 5.74) is -0.771. The Balaban J connectivity index is 4.48. The fraction of sp³-hybridized carbons (Fsp3) is 0. The van der Waals surface area contributed by atoms with E-state index in [9.17, 15) is 14.4 Å². The van der Waals surface area contributed by atoms with Crippen LogP contribution in [0.15, 0.2) is 11.8 Å². The largest absolute Gasteiger partial charge is 0.515 e. The zero-order valence-electron chi connectivity index (χ0n) is 4.77. The molecule has 0 amide bonds. The fourth-order valence-electron chi connectivity index (χ4n) is 0.266. The molecule has 2 N–H and O–H groups in total. The molecule has 5 nitrogen and oxygen atoms in total. The summed E-state index contributed by atoms with van der Waals surface area (Å²) in [4.78, 5) is 29.8. The molecular weight excluding hydrogens is 140 g/mol. The number of Topliss-reactive ketones (excluding diaryl/α,β-unsaturated/α-hetero) is 1. The van der Waals surface area contributed by atoms with E-state index >= 15 is 0 Å². The normalized spacial score (nSPS) is 10.6. The summed E-state index contributed by atoms with van der Waals surface area (Å²) in [5, 5.41) is 16.0. The first-order chi connectivity index (χ1) is 4.63. The van der Waals surface area contributed by atoms with Crippen LogP contribution >= 0.6 is 0 Å². The van der Waals surface area contributed by atoms with Crippen LogP contribution in [0.2, 0.25) is 0 Å². The standard InChI is InChI=1S/C5H4O5/c6-1-3(2-7)4(8)5(9)10/h1-2,6H,(H,9,10). The lowest BCUT2D eigenvalue weighted by Crippen LogP contribution is -2.15.